The Morgan fingerprint density at radius 3 is 2.24 bits per heavy atom. The van der Waals surface area contributed by atoms with Crippen LogP contribution in [0.4, 0.5) is 0 Å². The lowest BCUT2D eigenvalue weighted by molar-refractivity contribution is -0.150. The van der Waals surface area contributed by atoms with Crippen molar-refractivity contribution in [2.24, 2.45) is 0 Å². The second-order valence-electron chi connectivity index (χ2n) is 5.93. The molecule has 118 valence electrons. The first-order valence-corrected chi connectivity index (χ1v) is 7.25. The van der Waals surface area contributed by atoms with Crippen molar-refractivity contribution >= 4 is 18.4 Å². The molecule has 1 aromatic carbocycles. The van der Waals surface area contributed by atoms with Gasteiger partial charge in [-0.1, -0.05) is 30.3 Å². The van der Waals surface area contributed by atoms with Crippen LogP contribution in [0.5, 0.6) is 0 Å². The molecule has 1 aliphatic heterocycles. The van der Waals surface area contributed by atoms with Gasteiger partial charge in [0.15, 0.2) is 0 Å². The van der Waals surface area contributed by atoms with Crippen LogP contribution in [0, 0.1) is 0 Å². The summed E-state index contributed by atoms with van der Waals surface area (Å²) in [4.78, 5) is 15.7. The van der Waals surface area contributed by atoms with Gasteiger partial charge in [-0.2, -0.15) is 0 Å². The fourth-order valence-corrected chi connectivity index (χ4v) is 2.60. The van der Waals surface area contributed by atoms with Crippen molar-refractivity contribution in [3.63, 3.8) is 0 Å². The highest BCUT2D eigenvalue weighted by Crippen LogP contribution is 2.17. The summed E-state index contributed by atoms with van der Waals surface area (Å²) >= 11 is 0. The minimum absolute atomic E-state index is 0. The SMILES string of the molecule is CC(C)(C(=O)O)N1CCN(CCc2ccccc2)CC1.Cl. The molecule has 5 heteroatoms. The van der Waals surface area contributed by atoms with Crippen molar-refractivity contribution in [3.8, 4) is 0 Å². The molecule has 1 heterocycles. The standard InChI is InChI=1S/C16H24N2O2.ClH/c1-16(2,15(19)20)18-12-10-17(11-13-18)9-8-14-6-4-3-5-7-14;/h3-7H,8-13H2,1-2H3,(H,19,20);1H. The Kier molecular flexibility index (Phi) is 6.65. The maximum absolute atomic E-state index is 11.3. The Balaban J connectivity index is 0.00000220. The molecule has 0 saturated carbocycles. The van der Waals surface area contributed by atoms with E-state index in [9.17, 15) is 9.90 Å². The summed E-state index contributed by atoms with van der Waals surface area (Å²) in [5, 5.41) is 9.26. The van der Waals surface area contributed by atoms with Crippen molar-refractivity contribution < 1.29 is 9.90 Å². The average molecular weight is 313 g/mol. The van der Waals surface area contributed by atoms with Crippen LogP contribution < -0.4 is 0 Å². The van der Waals surface area contributed by atoms with Crippen molar-refractivity contribution in [3.05, 3.63) is 35.9 Å². The van der Waals surface area contributed by atoms with E-state index in [1.54, 1.807) is 13.8 Å². The summed E-state index contributed by atoms with van der Waals surface area (Å²) in [7, 11) is 0. The zero-order valence-electron chi connectivity index (χ0n) is 12.8. The first-order chi connectivity index (χ1) is 9.50. The minimum Gasteiger partial charge on any atom is -0.480 e. The van der Waals surface area contributed by atoms with Gasteiger partial charge in [0, 0.05) is 32.7 Å². The number of hydrogen-bond acceptors (Lipinski definition) is 3. The van der Waals surface area contributed by atoms with Gasteiger partial charge in [-0.3, -0.25) is 9.69 Å². The van der Waals surface area contributed by atoms with E-state index in [1.807, 2.05) is 6.07 Å². The van der Waals surface area contributed by atoms with Crippen LogP contribution in [0.25, 0.3) is 0 Å². The highest BCUT2D eigenvalue weighted by Gasteiger charge is 2.36. The Morgan fingerprint density at radius 1 is 1.14 bits per heavy atom. The van der Waals surface area contributed by atoms with Crippen LogP contribution in [0.3, 0.4) is 0 Å². The number of halogens is 1. The number of nitrogens with zero attached hydrogens (tertiary/aromatic N) is 2. The predicted molar refractivity (Wildman–Crippen MR) is 87.1 cm³/mol. The van der Waals surface area contributed by atoms with Gasteiger partial charge in [0.1, 0.15) is 5.54 Å². The van der Waals surface area contributed by atoms with E-state index in [4.69, 9.17) is 0 Å². The Labute approximate surface area is 133 Å². The van der Waals surface area contributed by atoms with Gasteiger partial charge in [-0.15, -0.1) is 12.4 Å². The molecule has 1 fully saturated rings. The summed E-state index contributed by atoms with van der Waals surface area (Å²) in [5.74, 6) is -0.741. The van der Waals surface area contributed by atoms with Gasteiger partial charge in [0.05, 0.1) is 0 Å². The largest absolute Gasteiger partial charge is 0.480 e. The molecule has 1 saturated heterocycles. The number of carboxylic acid groups (broad SMARTS) is 1. The van der Waals surface area contributed by atoms with Gasteiger partial charge < -0.3 is 10.0 Å². The molecular weight excluding hydrogens is 288 g/mol. The van der Waals surface area contributed by atoms with E-state index in [1.165, 1.54) is 5.56 Å². The van der Waals surface area contributed by atoms with Crippen LogP contribution in [0.2, 0.25) is 0 Å². The molecule has 2 rings (SSSR count). The molecule has 1 aromatic rings. The summed E-state index contributed by atoms with van der Waals surface area (Å²) < 4.78 is 0. The Morgan fingerprint density at radius 2 is 1.71 bits per heavy atom. The molecule has 0 unspecified atom stereocenters. The van der Waals surface area contributed by atoms with Crippen LogP contribution >= 0.6 is 12.4 Å². The summed E-state index contributed by atoms with van der Waals surface area (Å²) in [6.45, 7) is 8.17. The van der Waals surface area contributed by atoms with Gasteiger partial charge in [0.2, 0.25) is 0 Å². The van der Waals surface area contributed by atoms with Gasteiger partial charge in [-0.25, -0.2) is 0 Å². The first kappa shape index (κ1) is 18.0. The fraction of sp³-hybridized carbons (Fsp3) is 0.562. The molecule has 0 aromatic heterocycles. The molecule has 21 heavy (non-hydrogen) atoms. The predicted octanol–water partition coefficient (Wildman–Crippen LogP) is 2.13. The summed E-state index contributed by atoms with van der Waals surface area (Å²) in [6.07, 6.45) is 1.06. The molecular formula is C16H25ClN2O2. The van der Waals surface area contributed by atoms with Gasteiger partial charge in [0.25, 0.3) is 0 Å². The molecule has 0 aliphatic carbocycles. The molecule has 4 nitrogen and oxygen atoms in total. The number of aliphatic carboxylic acids is 1. The zero-order chi connectivity index (χ0) is 14.6. The first-order valence-electron chi connectivity index (χ1n) is 7.25. The molecule has 0 radical (unpaired) electrons. The number of hydrogen-bond donors (Lipinski definition) is 1. The number of carbonyl (C=O) groups is 1. The van der Waals surface area contributed by atoms with E-state index in [0.717, 1.165) is 39.1 Å². The third kappa shape index (κ3) is 4.70. The zero-order valence-corrected chi connectivity index (χ0v) is 13.6. The molecule has 1 N–H and O–H groups in total. The molecule has 0 amide bonds. The second-order valence-corrected chi connectivity index (χ2v) is 5.93. The van der Waals surface area contributed by atoms with Crippen LogP contribution in [-0.4, -0.2) is 59.1 Å². The quantitative estimate of drug-likeness (QED) is 0.904. The van der Waals surface area contributed by atoms with E-state index < -0.39 is 11.5 Å². The maximum atomic E-state index is 11.3. The van der Waals surface area contributed by atoms with Gasteiger partial charge >= 0.3 is 5.97 Å². The Hall–Kier alpha value is -1.10. The normalized spacial score (nSPS) is 17.2. The third-order valence-electron chi connectivity index (χ3n) is 4.25. The van der Waals surface area contributed by atoms with Gasteiger partial charge in [-0.05, 0) is 25.8 Å². The number of rotatable bonds is 5. The van der Waals surface area contributed by atoms with Crippen molar-refractivity contribution in [2.75, 3.05) is 32.7 Å². The fourth-order valence-electron chi connectivity index (χ4n) is 2.60. The summed E-state index contributed by atoms with van der Waals surface area (Å²) in [6, 6.07) is 10.5. The van der Waals surface area contributed by atoms with E-state index in [0.29, 0.717) is 0 Å². The van der Waals surface area contributed by atoms with E-state index >= 15 is 0 Å². The van der Waals surface area contributed by atoms with Crippen LogP contribution in [0.1, 0.15) is 19.4 Å². The smallest absolute Gasteiger partial charge is 0.323 e. The van der Waals surface area contributed by atoms with Crippen molar-refractivity contribution in [2.45, 2.75) is 25.8 Å². The lowest BCUT2D eigenvalue weighted by atomic mass is 10.0. The third-order valence-corrected chi connectivity index (χ3v) is 4.25. The van der Waals surface area contributed by atoms with E-state index in [2.05, 4.69) is 34.1 Å². The lowest BCUT2D eigenvalue weighted by Gasteiger charge is -2.41. The summed E-state index contributed by atoms with van der Waals surface area (Å²) in [5.41, 5.74) is 0.603. The highest BCUT2D eigenvalue weighted by molar-refractivity contribution is 5.85. The maximum Gasteiger partial charge on any atom is 0.323 e. The molecule has 0 atom stereocenters. The number of benzene rings is 1. The highest BCUT2D eigenvalue weighted by atomic mass is 35.5. The molecule has 1 aliphatic rings. The molecule has 0 bridgehead atoms. The lowest BCUT2D eigenvalue weighted by Crippen LogP contribution is -2.58. The van der Waals surface area contributed by atoms with E-state index in [-0.39, 0.29) is 12.4 Å². The monoisotopic (exact) mass is 312 g/mol. The second kappa shape index (κ2) is 7.78. The minimum atomic E-state index is -0.758. The topological polar surface area (TPSA) is 43.8 Å². The Bertz CT molecular complexity index is 443. The molecule has 0 spiro atoms. The van der Waals surface area contributed by atoms with Crippen molar-refractivity contribution in [1.82, 2.24) is 9.80 Å². The average Bonchev–Trinajstić information content (AvgIpc) is 2.46. The number of carboxylic acids is 1. The van der Waals surface area contributed by atoms with Crippen molar-refractivity contribution in [1.29, 1.82) is 0 Å². The van der Waals surface area contributed by atoms with Crippen LogP contribution in [-0.2, 0) is 11.2 Å². The van der Waals surface area contributed by atoms with Crippen LogP contribution in [0.15, 0.2) is 30.3 Å². The number of piperazine rings is 1.